The molecule has 0 bridgehead atoms. The number of nitro benzene ring substituents is 1. The third-order valence-electron chi connectivity index (χ3n) is 4.02. The molecule has 0 saturated heterocycles. The maximum absolute atomic E-state index is 12.4. The highest BCUT2D eigenvalue weighted by molar-refractivity contribution is 7.92. The fourth-order valence-electron chi connectivity index (χ4n) is 2.45. The molecule has 0 aliphatic rings. The molecule has 30 heavy (non-hydrogen) atoms. The highest BCUT2D eigenvalue weighted by atomic mass is 32.2. The average molecular weight is 426 g/mol. The Hall–Kier alpha value is -3.92. The summed E-state index contributed by atoms with van der Waals surface area (Å²) in [6.07, 6.45) is 1.52. The Balaban J connectivity index is 1.60. The lowest BCUT2D eigenvalue weighted by atomic mass is 10.2. The Morgan fingerprint density at radius 3 is 2.10 bits per heavy atom. The molecule has 3 aromatic rings. The molecular formula is C20H18N4O5S. The summed E-state index contributed by atoms with van der Waals surface area (Å²) in [5.41, 5.74) is 4.55. The second-order valence-electron chi connectivity index (χ2n) is 6.08. The predicted octanol–water partition coefficient (Wildman–Crippen LogP) is 3.85. The van der Waals surface area contributed by atoms with Crippen molar-refractivity contribution in [3.8, 4) is 5.75 Å². The highest BCUT2D eigenvalue weighted by Gasteiger charge is 2.14. The lowest BCUT2D eigenvalue weighted by Gasteiger charge is -2.09. The van der Waals surface area contributed by atoms with Gasteiger partial charge in [-0.2, -0.15) is 5.10 Å². The Morgan fingerprint density at radius 1 is 0.933 bits per heavy atom. The van der Waals surface area contributed by atoms with E-state index in [2.05, 4.69) is 15.2 Å². The van der Waals surface area contributed by atoms with Crippen molar-refractivity contribution in [2.24, 2.45) is 5.10 Å². The van der Waals surface area contributed by atoms with Gasteiger partial charge in [0.2, 0.25) is 0 Å². The largest absolute Gasteiger partial charge is 0.497 e. The molecule has 3 rings (SSSR count). The van der Waals surface area contributed by atoms with Crippen LogP contribution in [0.5, 0.6) is 5.75 Å². The molecule has 0 aliphatic heterocycles. The van der Waals surface area contributed by atoms with Crippen molar-refractivity contribution in [1.82, 2.24) is 0 Å². The van der Waals surface area contributed by atoms with Crippen LogP contribution in [-0.4, -0.2) is 26.7 Å². The molecule has 0 atom stereocenters. The minimum absolute atomic E-state index is 0.00721. The molecule has 9 nitrogen and oxygen atoms in total. The van der Waals surface area contributed by atoms with Crippen molar-refractivity contribution in [3.63, 3.8) is 0 Å². The molecule has 0 fully saturated rings. The fraction of sp³-hybridized carbons (Fsp3) is 0.0500. The van der Waals surface area contributed by atoms with Gasteiger partial charge < -0.3 is 4.74 Å². The van der Waals surface area contributed by atoms with Crippen LogP contribution in [0.15, 0.2) is 82.8 Å². The van der Waals surface area contributed by atoms with Gasteiger partial charge in [-0.15, -0.1) is 0 Å². The molecule has 0 spiro atoms. The second kappa shape index (κ2) is 9.05. The van der Waals surface area contributed by atoms with Crippen LogP contribution in [0.25, 0.3) is 0 Å². The summed E-state index contributed by atoms with van der Waals surface area (Å²) in [4.78, 5) is 10.3. The standard InChI is InChI=1S/C20H18N4O5S/c1-29-19-10-12-20(13-11-19)30(27,28)23-17-6-4-16(5-7-17)22-21-14-15-2-8-18(9-3-15)24(25)26/h2-14,22-23H,1H3/b21-14+. The molecular weight excluding hydrogens is 408 g/mol. The second-order valence-corrected chi connectivity index (χ2v) is 7.76. The molecule has 0 heterocycles. The fourth-order valence-corrected chi connectivity index (χ4v) is 3.50. The first-order chi connectivity index (χ1) is 14.4. The highest BCUT2D eigenvalue weighted by Crippen LogP contribution is 2.20. The normalized spacial score (nSPS) is 11.2. The van der Waals surface area contributed by atoms with Gasteiger partial charge in [-0.25, -0.2) is 8.42 Å². The van der Waals surface area contributed by atoms with Gasteiger partial charge in [0.05, 0.1) is 28.8 Å². The first-order valence-corrected chi connectivity index (χ1v) is 10.2. The van der Waals surface area contributed by atoms with Crippen LogP contribution in [0.4, 0.5) is 17.1 Å². The van der Waals surface area contributed by atoms with Crippen LogP contribution in [-0.2, 0) is 10.0 Å². The minimum Gasteiger partial charge on any atom is -0.497 e. The summed E-state index contributed by atoms with van der Waals surface area (Å²) in [7, 11) is -2.21. The average Bonchev–Trinajstić information content (AvgIpc) is 2.75. The van der Waals surface area contributed by atoms with Crippen molar-refractivity contribution in [3.05, 3.63) is 88.5 Å². The number of ether oxygens (including phenoxy) is 1. The smallest absolute Gasteiger partial charge is 0.269 e. The third-order valence-corrected chi connectivity index (χ3v) is 5.42. The van der Waals surface area contributed by atoms with Gasteiger partial charge in [0.15, 0.2) is 0 Å². The van der Waals surface area contributed by atoms with Gasteiger partial charge >= 0.3 is 0 Å². The number of hydrogen-bond donors (Lipinski definition) is 2. The zero-order valence-corrected chi connectivity index (χ0v) is 16.7. The van der Waals surface area contributed by atoms with Crippen LogP contribution in [0.2, 0.25) is 0 Å². The van der Waals surface area contributed by atoms with E-state index in [0.29, 0.717) is 22.7 Å². The minimum atomic E-state index is -3.72. The molecule has 0 aliphatic carbocycles. The molecule has 10 heteroatoms. The van der Waals surface area contributed by atoms with Gasteiger partial charge in [0.1, 0.15) is 5.75 Å². The van der Waals surface area contributed by atoms with Gasteiger partial charge in [0.25, 0.3) is 15.7 Å². The van der Waals surface area contributed by atoms with Crippen molar-refractivity contribution in [2.75, 3.05) is 17.3 Å². The van der Waals surface area contributed by atoms with Crippen molar-refractivity contribution < 1.29 is 18.1 Å². The number of rotatable bonds is 8. The van der Waals surface area contributed by atoms with Crippen LogP contribution in [0.3, 0.4) is 0 Å². The van der Waals surface area contributed by atoms with Crippen LogP contribution >= 0.6 is 0 Å². The van der Waals surface area contributed by atoms with E-state index in [1.165, 1.54) is 37.6 Å². The van der Waals surface area contributed by atoms with E-state index in [-0.39, 0.29) is 10.6 Å². The van der Waals surface area contributed by atoms with Crippen LogP contribution < -0.4 is 14.9 Å². The monoisotopic (exact) mass is 426 g/mol. The summed E-state index contributed by atoms with van der Waals surface area (Å²) in [6, 6.07) is 18.6. The molecule has 0 radical (unpaired) electrons. The lowest BCUT2D eigenvalue weighted by Crippen LogP contribution is -2.12. The molecule has 0 amide bonds. The van der Waals surface area contributed by atoms with Crippen molar-refractivity contribution in [1.29, 1.82) is 0 Å². The summed E-state index contributed by atoms with van der Waals surface area (Å²) in [5.74, 6) is 0.568. The summed E-state index contributed by atoms with van der Waals surface area (Å²) in [5, 5.41) is 14.7. The van der Waals surface area contributed by atoms with Gasteiger partial charge in [0, 0.05) is 17.8 Å². The SMILES string of the molecule is COc1ccc(S(=O)(=O)Nc2ccc(N/N=C/c3ccc([N+](=O)[O-])cc3)cc2)cc1. The number of sulfonamides is 1. The van der Waals surface area contributed by atoms with E-state index in [1.807, 2.05) is 0 Å². The van der Waals surface area contributed by atoms with Gasteiger partial charge in [-0.1, -0.05) is 0 Å². The van der Waals surface area contributed by atoms with Gasteiger partial charge in [-0.05, 0) is 66.2 Å². The molecule has 0 saturated carbocycles. The molecule has 0 unspecified atom stereocenters. The third kappa shape index (κ3) is 5.32. The number of nitrogens with zero attached hydrogens (tertiary/aromatic N) is 2. The Kier molecular flexibility index (Phi) is 6.28. The van der Waals surface area contributed by atoms with E-state index in [9.17, 15) is 18.5 Å². The number of methoxy groups -OCH3 is 1. The first kappa shape index (κ1) is 20.8. The number of nitro groups is 1. The molecule has 3 aromatic carbocycles. The molecule has 2 N–H and O–H groups in total. The van der Waals surface area contributed by atoms with E-state index in [0.717, 1.165) is 0 Å². The van der Waals surface area contributed by atoms with Crippen LogP contribution in [0.1, 0.15) is 5.56 Å². The van der Waals surface area contributed by atoms with E-state index >= 15 is 0 Å². The number of non-ortho nitro benzene ring substituents is 1. The van der Waals surface area contributed by atoms with E-state index in [4.69, 9.17) is 4.74 Å². The summed E-state index contributed by atoms with van der Waals surface area (Å²) < 4.78 is 32.4. The lowest BCUT2D eigenvalue weighted by molar-refractivity contribution is -0.384. The van der Waals surface area contributed by atoms with E-state index < -0.39 is 14.9 Å². The summed E-state index contributed by atoms with van der Waals surface area (Å²) >= 11 is 0. The maximum Gasteiger partial charge on any atom is 0.269 e. The topological polar surface area (TPSA) is 123 Å². The molecule has 0 aromatic heterocycles. The molecule has 154 valence electrons. The number of hydrazone groups is 1. The Morgan fingerprint density at radius 2 is 1.53 bits per heavy atom. The number of nitrogens with one attached hydrogen (secondary N) is 2. The van der Waals surface area contributed by atoms with E-state index in [1.54, 1.807) is 48.5 Å². The zero-order chi connectivity index (χ0) is 21.6. The van der Waals surface area contributed by atoms with Gasteiger partial charge in [-0.3, -0.25) is 20.3 Å². The number of benzene rings is 3. The number of hydrogen-bond acceptors (Lipinski definition) is 7. The summed E-state index contributed by atoms with van der Waals surface area (Å²) in [6.45, 7) is 0. The Labute approximate surface area is 173 Å². The number of anilines is 2. The van der Waals surface area contributed by atoms with Crippen molar-refractivity contribution in [2.45, 2.75) is 4.90 Å². The predicted molar refractivity (Wildman–Crippen MR) is 115 cm³/mol. The maximum atomic E-state index is 12.4. The first-order valence-electron chi connectivity index (χ1n) is 8.68. The quantitative estimate of drug-likeness (QED) is 0.320. The Bertz CT molecular complexity index is 1140. The zero-order valence-electron chi connectivity index (χ0n) is 15.8. The van der Waals surface area contributed by atoms with Crippen LogP contribution in [0, 0.1) is 10.1 Å². The van der Waals surface area contributed by atoms with Crippen molar-refractivity contribution >= 4 is 33.3 Å².